The molecule has 0 bridgehead atoms. The molecule has 20 heavy (non-hydrogen) atoms. The summed E-state index contributed by atoms with van der Waals surface area (Å²) in [5.74, 6) is 0. The molecule has 2 aromatic rings. The molecule has 0 fully saturated rings. The Balaban J connectivity index is 0.00000200. The first-order chi connectivity index (χ1) is 9.31. The van der Waals surface area contributed by atoms with Gasteiger partial charge in [-0.25, -0.2) is 4.39 Å². The third-order valence-corrected chi connectivity index (χ3v) is 2.78. The van der Waals surface area contributed by atoms with E-state index in [4.69, 9.17) is 0 Å². The van der Waals surface area contributed by atoms with Crippen LogP contribution < -0.4 is 5.32 Å². The Kier molecular flexibility index (Phi) is 7.25. The second kappa shape index (κ2) is 8.71. The van der Waals surface area contributed by atoms with E-state index in [2.05, 4.69) is 28.6 Å². The Hall–Kier alpha value is -1.40. The van der Waals surface area contributed by atoms with Crippen LogP contribution in [0.3, 0.4) is 0 Å². The molecule has 0 aliphatic rings. The molecule has 2 aromatic heterocycles. The van der Waals surface area contributed by atoms with Crippen molar-refractivity contribution in [3.05, 3.63) is 35.9 Å². The third-order valence-electron chi connectivity index (χ3n) is 2.78. The highest BCUT2D eigenvalue weighted by molar-refractivity contribution is 5.85. The highest BCUT2D eigenvalue weighted by Crippen LogP contribution is 2.00. The van der Waals surface area contributed by atoms with Crippen LogP contribution in [0.5, 0.6) is 0 Å². The van der Waals surface area contributed by atoms with Gasteiger partial charge in [-0.15, -0.1) is 12.4 Å². The van der Waals surface area contributed by atoms with Crippen LogP contribution in [0, 0.1) is 0 Å². The highest BCUT2D eigenvalue weighted by Gasteiger charge is 2.01. The van der Waals surface area contributed by atoms with Gasteiger partial charge in [0.15, 0.2) is 0 Å². The number of aromatic nitrogens is 4. The van der Waals surface area contributed by atoms with E-state index in [9.17, 15) is 4.39 Å². The zero-order valence-corrected chi connectivity index (χ0v) is 12.4. The minimum atomic E-state index is -0.384. The van der Waals surface area contributed by atoms with Gasteiger partial charge >= 0.3 is 0 Å². The van der Waals surface area contributed by atoms with Gasteiger partial charge in [-0.2, -0.15) is 10.2 Å². The third kappa shape index (κ3) is 4.94. The largest absolute Gasteiger partial charge is 0.307 e. The highest BCUT2D eigenvalue weighted by atomic mass is 35.5. The Morgan fingerprint density at radius 3 is 2.85 bits per heavy atom. The number of hydrogen-bond donors (Lipinski definition) is 1. The Labute approximate surface area is 124 Å². The van der Waals surface area contributed by atoms with Crippen molar-refractivity contribution in [2.45, 2.75) is 39.5 Å². The predicted molar refractivity (Wildman–Crippen MR) is 78.5 cm³/mol. The SMILES string of the molecule is CCCn1cc(CNCc2ccn(CCF)n2)cn1.Cl. The van der Waals surface area contributed by atoms with Gasteiger partial charge in [0.25, 0.3) is 0 Å². The smallest absolute Gasteiger partial charge is 0.109 e. The number of rotatable bonds is 8. The Morgan fingerprint density at radius 2 is 2.10 bits per heavy atom. The molecule has 5 nitrogen and oxygen atoms in total. The summed E-state index contributed by atoms with van der Waals surface area (Å²) >= 11 is 0. The summed E-state index contributed by atoms with van der Waals surface area (Å²) in [6, 6.07) is 1.91. The van der Waals surface area contributed by atoms with E-state index in [0.717, 1.165) is 30.8 Å². The maximum Gasteiger partial charge on any atom is 0.109 e. The minimum Gasteiger partial charge on any atom is -0.307 e. The van der Waals surface area contributed by atoms with Crippen LogP contribution in [0.15, 0.2) is 24.7 Å². The first-order valence-electron chi connectivity index (χ1n) is 6.62. The second-order valence-electron chi connectivity index (χ2n) is 4.47. The fraction of sp³-hybridized carbons (Fsp3) is 0.538. The molecule has 0 spiro atoms. The summed E-state index contributed by atoms with van der Waals surface area (Å²) in [7, 11) is 0. The second-order valence-corrected chi connectivity index (χ2v) is 4.47. The summed E-state index contributed by atoms with van der Waals surface area (Å²) in [5.41, 5.74) is 2.09. The molecular weight excluding hydrogens is 281 g/mol. The van der Waals surface area contributed by atoms with Gasteiger partial charge in [0.1, 0.15) is 6.67 Å². The fourth-order valence-corrected chi connectivity index (χ4v) is 1.89. The van der Waals surface area contributed by atoms with E-state index in [-0.39, 0.29) is 19.1 Å². The van der Waals surface area contributed by atoms with Gasteiger partial charge in [0.2, 0.25) is 0 Å². The van der Waals surface area contributed by atoms with Crippen LogP contribution in [0.4, 0.5) is 4.39 Å². The van der Waals surface area contributed by atoms with Gasteiger partial charge in [-0.3, -0.25) is 9.36 Å². The van der Waals surface area contributed by atoms with Crippen LogP contribution in [0.1, 0.15) is 24.6 Å². The van der Waals surface area contributed by atoms with Gasteiger partial charge < -0.3 is 5.32 Å². The van der Waals surface area contributed by atoms with E-state index in [1.165, 1.54) is 0 Å². The molecule has 0 saturated heterocycles. The van der Waals surface area contributed by atoms with Crippen molar-refractivity contribution < 1.29 is 4.39 Å². The van der Waals surface area contributed by atoms with Crippen molar-refractivity contribution in [1.29, 1.82) is 0 Å². The summed E-state index contributed by atoms with van der Waals surface area (Å²) in [6.07, 6.45) is 6.82. The predicted octanol–water partition coefficient (Wildman–Crippen LogP) is 2.17. The summed E-state index contributed by atoms with van der Waals surface area (Å²) in [6.45, 7) is 4.47. The van der Waals surface area contributed by atoms with E-state index >= 15 is 0 Å². The normalized spacial score (nSPS) is 10.5. The molecule has 0 unspecified atom stereocenters. The average molecular weight is 302 g/mol. The molecule has 0 aromatic carbocycles. The van der Waals surface area contributed by atoms with Crippen molar-refractivity contribution in [2.75, 3.05) is 6.67 Å². The first kappa shape index (κ1) is 16.7. The molecule has 2 rings (SSSR count). The van der Waals surface area contributed by atoms with E-state index in [0.29, 0.717) is 13.1 Å². The standard InChI is InChI=1S/C13H20FN5.ClH/c1-2-5-19-11-12(9-16-19)8-15-10-13-3-6-18(17-13)7-4-14;/h3,6,9,11,15H,2,4-5,7-8,10H2,1H3;1H. The van der Waals surface area contributed by atoms with Crippen molar-refractivity contribution >= 4 is 12.4 Å². The topological polar surface area (TPSA) is 47.7 Å². The average Bonchev–Trinajstić information content (AvgIpc) is 3.01. The molecule has 0 saturated carbocycles. The molecule has 0 amide bonds. The van der Waals surface area contributed by atoms with E-state index in [1.54, 1.807) is 10.9 Å². The molecule has 112 valence electrons. The quantitative estimate of drug-likeness (QED) is 0.813. The van der Waals surface area contributed by atoms with Crippen LogP contribution in [-0.4, -0.2) is 26.2 Å². The number of nitrogens with one attached hydrogen (secondary N) is 1. The van der Waals surface area contributed by atoms with E-state index < -0.39 is 0 Å². The zero-order valence-electron chi connectivity index (χ0n) is 11.6. The molecule has 0 radical (unpaired) electrons. The summed E-state index contributed by atoms with van der Waals surface area (Å²) in [5, 5.41) is 11.8. The van der Waals surface area contributed by atoms with Crippen molar-refractivity contribution in [3.8, 4) is 0 Å². The van der Waals surface area contributed by atoms with Gasteiger partial charge in [0, 0.05) is 37.6 Å². The lowest BCUT2D eigenvalue weighted by Crippen LogP contribution is -2.13. The Bertz CT molecular complexity index is 452. The Morgan fingerprint density at radius 1 is 1.25 bits per heavy atom. The number of hydrogen-bond acceptors (Lipinski definition) is 3. The maximum atomic E-state index is 12.1. The molecule has 1 N–H and O–H groups in total. The fourth-order valence-electron chi connectivity index (χ4n) is 1.89. The molecule has 0 atom stereocenters. The molecule has 7 heteroatoms. The summed E-state index contributed by atoms with van der Waals surface area (Å²) in [4.78, 5) is 0. The number of halogens is 2. The van der Waals surface area contributed by atoms with Crippen molar-refractivity contribution in [2.24, 2.45) is 0 Å². The number of alkyl halides is 1. The lowest BCUT2D eigenvalue weighted by atomic mass is 10.3. The maximum absolute atomic E-state index is 12.1. The van der Waals surface area contributed by atoms with Crippen LogP contribution in [-0.2, 0) is 26.2 Å². The van der Waals surface area contributed by atoms with Crippen LogP contribution in [0.25, 0.3) is 0 Å². The van der Waals surface area contributed by atoms with Gasteiger partial charge in [-0.1, -0.05) is 6.92 Å². The van der Waals surface area contributed by atoms with E-state index in [1.807, 2.05) is 16.9 Å². The van der Waals surface area contributed by atoms with Gasteiger partial charge in [0.05, 0.1) is 18.4 Å². The van der Waals surface area contributed by atoms with Crippen molar-refractivity contribution in [1.82, 2.24) is 24.9 Å². The zero-order chi connectivity index (χ0) is 13.5. The molecule has 2 heterocycles. The van der Waals surface area contributed by atoms with Gasteiger partial charge in [-0.05, 0) is 12.5 Å². The van der Waals surface area contributed by atoms with Crippen LogP contribution >= 0.6 is 12.4 Å². The number of nitrogens with zero attached hydrogens (tertiary/aromatic N) is 4. The molecule has 0 aliphatic heterocycles. The van der Waals surface area contributed by atoms with Crippen LogP contribution in [0.2, 0.25) is 0 Å². The van der Waals surface area contributed by atoms with Crippen molar-refractivity contribution in [3.63, 3.8) is 0 Å². The molecular formula is C13H21ClFN5. The summed E-state index contributed by atoms with van der Waals surface area (Å²) < 4.78 is 15.7. The first-order valence-corrected chi connectivity index (χ1v) is 6.62. The number of aryl methyl sites for hydroxylation is 2. The monoisotopic (exact) mass is 301 g/mol. The lowest BCUT2D eigenvalue weighted by Gasteiger charge is -2.00. The lowest BCUT2D eigenvalue weighted by molar-refractivity contribution is 0.425. The molecule has 0 aliphatic carbocycles. The minimum absolute atomic E-state index is 0.